The Labute approximate surface area is 105 Å². The molecule has 4 atom stereocenters. The Morgan fingerprint density at radius 2 is 2.06 bits per heavy atom. The lowest BCUT2D eigenvalue weighted by molar-refractivity contribution is -0.121. The van der Waals surface area contributed by atoms with Gasteiger partial charge in [0.2, 0.25) is 5.91 Å². The van der Waals surface area contributed by atoms with E-state index in [1.807, 2.05) is 0 Å². The van der Waals surface area contributed by atoms with E-state index in [1.54, 1.807) is 0 Å². The van der Waals surface area contributed by atoms with Crippen LogP contribution in [0, 0.1) is 17.8 Å². The number of hydrogen-bond donors (Lipinski definition) is 2. The molecule has 2 rings (SSSR count). The van der Waals surface area contributed by atoms with Crippen LogP contribution in [-0.2, 0) is 4.79 Å². The van der Waals surface area contributed by atoms with Crippen molar-refractivity contribution in [3.63, 3.8) is 0 Å². The molecule has 0 bridgehead atoms. The molecule has 0 spiro atoms. The summed E-state index contributed by atoms with van der Waals surface area (Å²) in [5, 5.41) is 3.25. The summed E-state index contributed by atoms with van der Waals surface area (Å²) in [6, 6.07) is -0.0758. The van der Waals surface area contributed by atoms with Crippen molar-refractivity contribution < 1.29 is 4.79 Å². The van der Waals surface area contributed by atoms with Crippen molar-refractivity contribution in [2.75, 3.05) is 6.54 Å². The first-order valence-electron chi connectivity index (χ1n) is 7.25. The van der Waals surface area contributed by atoms with Gasteiger partial charge in [-0.15, -0.1) is 0 Å². The summed E-state index contributed by atoms with van der Waals surface area (Å²) in [5.41, 5.74) is 5.42. The maximum Gasteiger partial charge on any atom is 0.234 e. The Morgan fingerprint density at radius 3 is 2.76 bits per heavy atom. The number of amides is 1. The highest BCUT2D eigenvalue weighted by Crippen LogP contribution is 2.40. The first-order valence-corrected chi connectivity index (χ1v) is 7.25. The normalized spacial score (nSPS) is 38.9. The van der Waals surface area contributed by atoms with E-state index in [-0.39, 0.29) is 11.9 Å². The number of piperidine rings is 1. The molecular formula is C14H26N2O. The van der Waals surface area contributed by atoms with E-state index < -0.39 is 0 Å². The maximum absolute atomic E-state index is 11.3. The summed E-state index contributed by atoms with van der Waals surface area (Å²) in [7, 11) is 0. The minimum Gasteiger partial charge on any atom is -0.368 e. The standard InChI is InChI=1S/C14H26N2O/c1-2-10-5-3-4-6-12(10)11-7-8-16-13(9-11)14(15)17/h10-13,16H,2-9H2,1H3,(H2,15,17). The summed E-state index contributed by atoms with van der Waals surface area (Å²) >= 11 is 0. The molecule has 3 N–H and O–H groups in total. The molecule has 98 valence electrons. The van der Waals surface area contributed by atoms with Crippen molar-refractivity contribution in [1.29, 1.82) is 0 Å². The van der Waals surface area contributed by atoms with Crippen LogP contribution in [0.15, 0.2) is 0 Å². The summed E-state index contributed by atoms with van der Waals surface area (Å²) in [5.74, 6) is 2.29. The molecule has 0 aromatic rings. The third-order valence-corrected chi connectivity index (χ3v) is 4.89. The average Bonchev–Trinajstić information content (AvgIpc) is 2.39. The van der Waals surface area contributed by atoms with Crippen LogP contribution in [0.25, 0.3) is 0 Å². The molecule has 3 nitrogen and oxygen atoms in total. The van der Waals surface area contributed by atoms with Gasteiger partial charge in [-0.05, 0) is 43.6 Å². The predicted octanol–water partition coefficient (Wildman–Crippen LogP) is 2.06. The number of nitrogens with one attached hydrogen (secondary N) is 1. The van der Waals surface area contributed by atoms with Crippen molar-refractivity contribution in [1.82, 2.24) is 5.32 Å². The number of carbonyl (C=O) groups is 1. The summed E-state index contributed by atoms with van der Waals surface area (Å²) in [4.78, 5) is 11.3. The predicted molar refractivity (Wildman–Crippen MR) is 69.4 cm³/mol. The molecule has 1 aliphatic carbocycles. The number of nitrogens with two attached hydrogens (primary N) is 1. The fourth-order valence-electron chi connectivity index (χ4n) is 3.92. The molecular weight excluding hydrogens is 212 g/mol. The summed E-state index contributed by atoms with van der Waals surface area (Å²) < 4.78 is 0. The van der Waals surface area contributed by atoms with E-state index in [0.717, 1.165) is 30.7 Å². The topological polar surface area (TPSA) is 55.1 Å². The Kier molecular flexibility index (Phi) is 4.43. The van der Waals surface area contributed by atoms with Crippen molar-refractivity contribution in [3.8, 4) is 0 Å². The Hall–Kier alpha value is -0.570. The smallest absolute Gasteiger partial charge is 0.234 e. The second kappa shape index (κ2) is 5.85. The van der Waals surface area contributed by atoms with Gasteiger partial charge < -0.3 is 11.1 Å². The number of hydrogen-bond acceptors (Lipinski definition) is 2. The number of rotatable bonds is 3. The highest BCUT2D eigenvalue weighted by Gasteiger charge is 2.35. The molecule has 0 aromatic carbocycles. The van der Waals surface area contributed by atoms with Gasteiger partial charge >= 0.3 is 0 Å². The van der Waals surface area contributed by atoms with E-state index in [9.17, 15) is 4.79 Å². The van der Waals surface area contributed by atoms with Crippen LogP contribution >= 0.6 is 0 Å². The van der Waals surface area contributed by atoms with Gasteiger partial charge in [0.1, 0.15) is 0 Å². The van der Waals surface area contributed by atoms with Crippen LogP contribution in [-0.4, -0.2) is 18.5 Å². The van der Waals surface area contributed by atoms with Crippen molar-refractivity contribution in [3.05, 3.63) is 0 Å². The first kappa shape index (κ1) is 12.9. The molecule has 4 unspecified atom stereocenters. The van der Waals surface area contributed by atoms with Crippen LogP contribution in [0.2, 0.25) is 0 Å². The molecule has 1 amide bonds. The van der Waals surface area contributed by atoms with E-state index >= 15 is 0 Å². The van der Waals surface area contributed by atoms with Gasteiger partial charge in [-0.3, -0.25) is 4.79 Å². The summed E-state index contributed by atoms with van der Waals surface area (Å²) in [6.45, 7) is 3.28. The van der Waals surface area contributed by atoms with Gasteiger partial charge in [0, 0.05) is 0 Å². The quantitative estimate of drug-likeness (QED) is 0.790. The van der Waals surface area contributed by atoms with Crippen molar-refractivity contribution in [2.45, 2.75) is 57.9 Å². The van der Waals surface area contributed by atoms with E-state index in [0.29, 0.717) is 0 Å². The molecule has 1 saturated heterocycles. The van der Waals surface area contributed by atoms with Crippen molar-refractivity contribution in [2.24, 2.45) is 23.5 Å². The molecule has 0 radical (unpaired) electrons. The van der Waals surface area contributed by atoms with Crippen LogP contribution in [0.3, 0.4) is 0 Å². The largest absolute Gasteiger partial charge is 0.368 e. The highest BCUT2D eigenvalue weighted by atomic mass is 16.1. The average molecular weight is 238 g/mol. The third-order valence-electron chi connectivity index (χ3n) is 4.89. The SMILES string of the molecule is CCC1CCCCC1C1CCNC(C(N)=O)C1. The number of carbonyl (C=O) groups excluding carboxylic acids is 1. The number of primary amides is 1. The monoisotopic (exact) mass is 238 g/mol. The van der Waals surface area contributed by atoms with E-state index in [1.165, 1.54) is 38.5 Å². The minimum absolute atomic E-state index is 0.0758. The van der Waals surface area contributed by atoms with Gasteiger partial charge in [-0.2, -0.15) is 0 Å². The molecule has 1 aliphatic heterocycles. The lowest BCUT2D eigenvalue weighted by Gasteiger charge is -2.40. The third kappa shape index (κ3) is 3.01. The highest BCUT2D eigenvalue weighted by molar-refractivity contribution is 5.79. The Balaban J connectivity index is 1.97. The zero-order chi connectivity index (χ0) is 12.3. The van der Waals surface area contributed by atoms with Gasteiger partial charge in [-0.1, -0.05) is 32.6 Å². The van der Waals surface area contributed by atoms with E-state index in [4.69, 9.17) is 5.73 Å². The van der Waals surface area contributed by atoms with Gasteiger partial charge in [0.25, 0.3) is 0 Å². The van der Waals surface area contributed by atoms with Crippen LogP contribution in [0.4, 0.5) is 0 Å². The zero-order valence-corrected chi connectivity index (χ0v) is 11.0. The summed E-state index contributed by atoms with van der Waals surface area (Å²) in [6.07, 6.45) is 9.05. The van der Waals surface area contributed by atoms with E-state index in [2.05, 4.69) is 12.2 Å². The molecule has 17 heavy (non-hydrogen) atoms. The van der Waals surface area contributed by atoms with Gasteiger partial charge in [-0.25, -0.2) is 0 Å². The van der Waals surface area contributed by atoms with Crippen molar-refractivity contribution >= 4 is 5.91 Å². The molecule has 2 aliphatic rings. The second-order valence-electron chi connectivity index (χ2n) is 5.81. The lowest BCUT2D eigenvalue weighted by Crippen LogP contribution is -2.48. The lowest BCUT2D eigenvalue weighted by atomic mass is 9.68. The Bertz CT molecular complexity index is 267. The molecule has 1 heterocycles. The molecule has 0 aromatic heterocycles. The molecule has 1 saturated carbocycles. The maximum atomic E-state index is 11.3. The molecule has 3 heteroatoms. The first-order chi connectivity index (χ1) is 8.22. The van der Waals surface area contributed by atoms with Crippen LogP contribution in [0.5, 0.6) is 0 Å². The Morgan fingerprint density at radius 1 is 1.29 bits per heavy atom. The fraction of sp³-hybridized carbons (Fsp3) is 0.929. The second-order valence-corrected chi connectivity index (χ2v) is 5.81. The molecule has 2 fully saturated rings. The van der Waals surface area contributed by atoms with Crippen LogP contribution in [0.1, 0.15) is 51.9 Å². The van der Waals surface area contributed by atoms with Gasteiger partial charge in [0.15, 0.2) is 0 Å². The minimum atomic E-state index is -0.168. The zero-order valence-electron chi connectivity index (χ0n) is 11.0. The fourth-order valence-corrected chi connectivity index (χ4v) is 3.92. The van der Waals surface area contributed by atoms with Gasteiger partial charge in [0.05, 0.1) is 6.04 Å². The van der Waals surface area contributed by atoms with Crippen LogP contribution < -0.4 is 11.1 Å².